The van der Waals surface area contributed by atoms with Gasteiger partial charge in [-0.2, -0.15) is 0 Å². The van der Waals surface area contributed by atoms with E-state index in [1.165, 1.54) is 0 Å². The van der Waals surface area contributed by atoms with Crippen molar-refractivity contribution in [2.45, 2.75) is 32.9 Å². The maximum atomic E-state index is 11.9. The molecule has 2 rings (SSSR count). The van der Waals surface area contributed by atoms with Crippen molar-refractivity contribution in [1.29, 1.82) is 0 Å². The Balaban J connectivity index is 1.88. The molecule has 5 nitrogen and oxygen atoms in total. The fraction of sp³-hybridized carbons (Fsp3) is 0.467. The Morgan fingerprint density at radius 3 is 2.86 bits per heavy atom. The largest absolute Gasteiger partial charge is 0.443 e. The molecule has 0 aliphatic carbocycles. The molecular formula is C15H22N3O2S+. The number of carbonyl (C=O) groups excluding carboxylic acids is 1. The number of hydrogen-bond donors (Lipinski definition) is 2. The zero-order chi connectivity index (χ0) is 15.5. The van der Waals surface area contributed by atoms with E-state index in [9.17, 15) is 4.79 Å². The van der Waals surface area contributed by atoms with Crippen LogP contribution >= 0.6 is 11.3 Å². The van der Waals surface area contributed by atoms with Crippen molar-refractivity contribution >= 4 is 17.2 Å². The first-order valence-electron chi connectivity index (χ1n) is 6.94. The van der Waals surface area contributed by atoms with Crippen LogP contribution in [0.25, 0.3) is 10.8 Å². The predicted octanol–water partition coefficient (Wildman–Crippen LogP) is 1.33. The summed E-state index contributed by atoms with van der Waals surface area (Å²) in [5.41, 5.74) is 0.664. The Morgan fingerprint density at radius 1 is 1.48 bits per heavy atom. The SMILES string of the molecule is C[NH+](CC(=O)NC(C)(C)C)Cc1coc(-c2cccs2)n1. The number of nitrogens with zero attached hydrogens (tertiary/aromatic N) is 1. The van der Waals surface area contributed by atoms with Crippen LogP contribution < -0.4 is 10.2 Å². The highest BCUT2D eigenvalue weighted by Gasteiger charge is 2.18. The number of aromatic nitrogens is 1. The Labute approximate surface area is 129 Å². The fourth-order valence-corrected chi connectivity index (χ4v) is 2.67. The van der Waals surface area contributed by atoms with E-state index in [0.717, 1.165) is 15.5 Å². The maximum absolute atomic E-state index is 11.9. The van der Waals surface area contributed by atoms with E-state index in [-0.39, 0.29) is 11.4 Å². The maximum Gasteiger partial charge on any atom is 0.275 e. The Hall–Kier alpha value is -1.66. The van der Waals surface area contributed by atoms with Crippen LogP contribution in [0.1, 0.15) is 26.5 Å². The first kappa shape index (κ1) is 15.7. The number of amides is 1. The predicted molar refractivity (Wildman–Crippen MR) is 83.2 cm³/mol. The molecule has 0 bridgehead atoms. The molecule has 0 fully saturated rings. The molecule has 1 amide bonds. The van der Waals surface area contributed by atoms with Gasteiger partial charge in [-0.25, -0.2) is 4.98 Å². The summed E-state index contributed by atoms with van der Waals surface area (Å²) in [5, 5.41) is 4.95. The fourth-order valence-electron chi connectivity index (χ4n) is 2.01. The van der Waals surface area contributed by atoms with Gasteiger partial charge in [-0.15, -0.1) is 11.3 Å². The van der Waals surface area contributed by atoms with E-state index in [0.29, 0.717) is 19.0 Å². The Kier molecular flexibility index (Phi) is 4.80. The van der Waals surface area contributed by atoms with Crippen molar-refractivity contribution in [1.82, 2.24) is 10.3 Å². The second-order valence-electron chi connectivity index (χ2n) is 6.23. The zero-order valence-corrected chi connectivity index (χ0v) is 13.7. The number of thiophene rings is 1. The molecule has 114 valence electrons. The van der Waals surface area contributed by atoms with Gasteiger partial charge in [0.05, 0.1) is 11.9 Å². The summed E-state index contributed by atoms with van der Waals surface area (Å²) in [6, 6.07) is 3.95. The van der Waals surface area contributed by atoms with Crippen LogP contribution in [0.3, 0.4) is 0 Å². The van der Waals surface area contributed by atoms with Crippen molar-refractivity contribution in [2.75, 3.05) is 13.6 Å². The summed E-state index contributed by atoms with van der Waals surface area (Å²) < 4.78 is 5.48. The highest BCUT2D eigenvalue weighted by atomic mass is 32.1. The molecular weight excluding hydrogens is 286 g/mol. The van der Waals surface area contributed by atoms with E-state index < -0.39 is 0 Å². The topological polar surface area (TPSA) is 59.6 Å². The molecule has 2 heterocycles. The minimum Gasteiger partial charge on any atom is -0.443 e. The van der Waals surface area contributed by atoms with Gasteiger partial charge in [-0.3, -0.25) is 4.79 Å². The van der Waals surface area contributed by atoms with E-state index in [2.05, 4.69) is 10.3 Å². The Morgan fingerprint density at radius 2 is 2.24 bits per heavy atom. The molecule has 0 radical (unpaired) electrons. The molecule has 1 atom stereocenters. The van der Waals surface area contributed by atoms with Crippen LogP contribution in [0.5, 0.6) is 0 Å². The normalized spacial score (nSPS) is 13.1. The molecule has 0 saturated carbocycles. The van der Waals surface area contributed by atoms with E-state index in [1.54, 1.807) is 17.6 Å². The summed E-state index contributed by atoms with van der Waals surface area (Å²) in [4.78, 5) is 18.4. The van der Waals surface area contributed by atoms with Crippen molar-refractivity contribution in [2.24, 2.45) is 0 Å². The highest BCUT2D eigenvalue weighted by molar-refractivity contribution is 7.13. The van der Waals surface area contributed by atoms with Crippen LogP contribution in [-0.2, 0) is 11.3 Å². The second-order valence-corrected chi connectivity index (χ2v) is 7.18. The standard InChI is InChI=1S/C15H21N3O2S/c1-15(2,3)17-13(19)9-18(4)8-11-10-20-14(16-11)12-6-5-7-21-12/h5-7,10H,8-9H2,1-4H3,(H,17,19)/p+1. The van der Waals surface area contributed by atoms with Crippen LogP contribution in [0.4, 0.5) is 0 Å². The smallest absolute Gasteiger partial charge is 0.275 e. The first-order chi connectivity index (χ1) is 9.83. The summed E-state index contributed by atoms with van der Waals surface area (Å²) in [6.07, 6.45) is 1.67. The van der Waals surface area contributed by atoms with Gasteiger partial charge < -0.3 is 14.6 Å². The molecule has 0 aliphatic rings. The van der Waals surface area contributed by atoms with E-state index in [4.69, 9.17) is 4.42 Å². The molecule has 2 aromatic rings. The van der Waals surface area contributed by atoms with Gasteiger partial charge in [-0.1, -0.05) is 6.07 Å². The van der Waals surface area contributed by atoms with Crippen LogP contribution in [-0.4, -0.2) is 30.0 Å². The zero-order valence-electron chi connectivity index (χ0n) is 12.9. The lowest BCUT2D eigenvalue weighted by molar-refractivity contribution is -0.885. The highest BCUT2D eigenvalue weighted by Crippen LogP contribution is 2.23. The van der Waals surface area contributed by atoms with E-state index in [1.807, 2.05) is 45.3 Å². The summed E-state index contributed by atoms with van der Waals surface area (Å²) >= 11 is 1.60. The van der Waals surface area contributed by atoms with Gasteiger partial charge in [0.1, 0.15) is 18.5 Å². The third kappa shape index (κ3) is 4.99. The van der Waals surface area contributed by atoms with Gasteiger partial charge in [0.15, 0.2) is 6.54 Å². The lowest BCUT2D eigenvalue weighted by Gasteiger charge is -2.21. The third-order valence-electron chi connectivity index (χ3n) is 2.74. The van der Waals surface area contributed by atoms with Crippen LogP contribution in [0, 0.1) is 0 Å². The van der Waals surface area contributed by atoms with Crippen molar-refractivity contribution < 1.29 is 14.1 Å². The summed E-state index contributed by atoms with van der Waals surface area (Å²) in [6.45, 7) is 7.01. The minimum absolute atomic E-state index is 0.0435. The van der Waals surface area contributed by atoms with Crippen molar-refractivity contribution in [3.8, 4) is 10.8 Å². The average Bonchev–Trinajstić information content (AvgIpc) is 2.94. The van der Waals surface area contributed by atoms with Gasteiger partial charge in [0.2, 0.25) is 5.89 Å². The monoisotopic (exact) mass is 308 g/mol. The number of likely N-dealkylation sites (N-methyl/N-ethyl adjacent to an activating group) is 1. The molecule has 6 heteroatoms. The summed E-state index contributed by atoms with van der Waals surface area (Å²) in [7, 11) is 1.97. The molecule has 0 saturated heterocycles. The van der Waals surface area contributed by atoms with Crippen molar-refractivity contribution in [3.63, 3.8) is 0 Å². The number of hydrogen-bond acceptors (Lipinski definition) is 4. The van der Waals surface area contributed by atoms with Gasteiger partial charge in [0, 0.05) is 5.54 Å². The number of rotatable bonds is 5. The molecule has 21 heavy (non-hydrogen) atoms. The summed E-state index contributed by atoms with van der Waals surface area (Å²) in [5.74, 6) is 0.689. The number of carbonyl (C=O) groups is 1. The lowest BCUT2D eigenvalue weighted by atomic mass is 10.1. The van der Waals surface area contributed by atoms with Gasteiger partial charge in [-0.05, 0) is 32.2 Å². The average molecular weight is 308 g/mol. The number of nitrogens with one attached hydrogen (secondary N) is 2. The van der Waals surface area contributed by atoms with Gasteiger partial charge in [0.25, 0.3) is 5.91 Å². The molecule has 0 aromatic carbocycles. The quantitative estimate of drug-likeness (QED) is 0.876. The van der Waals surface area contributed by atoms with Crippen LogP contribution in [0.2, 0.25) is 0 Å². The number of oxazole rings is 1. The molecule has 2 aromatic heterocycles. The molecule has 1 unspecified atom stereocenters. The third-order valence-corrected chi connectivity index (χ3v) is 3.60. The van der Waals surface area contributed by atoms with Crippen LogP contribution in [0.15, 0.2) is 28.2 Å². The molecule has 2 N–H and O–H groups in total. The lowest BCUT2D eigenvalue weighted by Crippen LogP contribution is -3.09. The van der Waals surface area contributed by atoms with Crippen molar-refractivity contribution in [3.05, 3.63) is 29.5 Å². The number of quaternary nitrogens is 1. The molecule has 0 spiro atoms. The first-order valence-corrected chi connectivity index (χ1v) is 7.82. The van der Waals surface area contributed by atoms with Gasteiger partial charge >= 0.3 is 0 Å². The van der Waals surface area contributed by atoms with E-state index >= 15 is 0 Å². The molecule has 0 aliphatic heterocycles. The minimum atomic E-state index is -0.197. The second kappa shape index (κ2) is 6.41. The Bertz CT molecular complexity index is 584.